The van der Waals surface area contributed by atoms with Crippen molar-refractivity contribution in [2.24, 2.45) is 0 Å². The molecule has 0 spiro atoms. The summed E-state index contributed by atoms with van der Waals surface area (Å²) in [6.45, 7) is 7.20. The van der Waals surface area contributed by atoms with Crippen LogP contribution in [0.1, 0.15) is 29.8 Å². The molecule has 0 aliphatic carbocycles. The molecule has 0 aromatic heterocycles. The zero-order chi connectivity index (χ0) is 14.9. The summed E-state index contributed by atoms with van der Waals surface area (Å²) in [7, 11) is 0. The number of rotatable bonds is 3. The fourth-order valence-electron chi connectivity index (χ4n) is 2.62. The highest BCUT2D eigenvalue weighted by Crippen LogP contribution is 2.29. The largest absolute Gasteiger partial charge is 0.508 e. The van der Waals surface area contributed by atoms with Gasteiger partial charge in [-0.15, -0.1) is 0 Å². The molecule has 1 aliphatic heterocycles. The maximum absolute atomic E-state index is 12.3. The molecule has 2 N–H and O–H groups in total. The number of hydrogen-bond donors (Lipinski definition) is 2. The third-order valence-corrected chi connectivity index (χ3v) is 3.57. The fourth-order valence-corrected chi connectivity index (χ4v) is 2.62. The van der Waals surface area contributed by atoms with Gasteiger partial charge in [0.1, 0.15) is 11.5 Å². The van der Waals surface area contributed by atoms with Gasteiger partial charge >= 0.3 is 0 Å². The molecule has 0 unspecified atom stereocenters. The molecule has 1 saturated heterocycles. The van der Waals surface area contributed by atoms with Crippen molar-refractivity contribution in [3.63, 3.8) is 0 Å². The zero-order valence-corrected chi connectivity index (χ0v) is 12.1. The summed E-state index contributed by atoms with van der Waals surface area (Å²) in [5.41, 5.74) is 0.590. The Bertz CT molecular complexity index is 505. The van der Waals surface area contributed by atoms with Crippen molar-refractivity contribution in [1.29, 1.82) is 0 Å². The van der Waals surface area contributed by atoms with Crippen molar-refractivity contribution >= 4 is 5.78 Å². The number of ketones is 1. The summed E-state index contributed by atoms with van der Waals surface area (Å²) >= 11 is 0. The van der Waals surface area contributed by atoms with Gasteiger partial charge in [-0.2, -0.15) is 0 Å². The molecular weight excluding hydrogens is 258 g/mol. The molecule has 20 heavy (non-hydrogen) atoms. The van der Waals surface area contributed by atoms with E-state index in [4.69, 9.17) is 4.74 Å². The highest BCUT2D eigenvalue weighted by molar-refractivity contribution is 6.00. The standard InChI is InChI=1S/C15H21NO4/c1-9-6-16(7-10(2)20-9)8-14(18)12-4-5-13(17)11(3)15(12)19/h4-5,9-10,17,19H,6-8H2,1-3H3/t9-,10+. The Labute approximate surface area is 118 Å². The van der Waals surface area contributed by atoms with E-state index in [1.165, 1.54) is 12.1 Å². The van der Waals surface area contributed by atoms with Crippen LogP contribution in [0.15, 0.2) is 12.1 Å². The fraction of sp³-hybridized carbons (Fsp3) is 0.533. The van der Waals surface area contributed by atoms with Crippen molar-refractivity contribution in [2.75, 3.05) is 19.6 Å². The van der Waals surface area contributed by atoms with E-state index in [1.807, 2.05) is 18.7 Å². The third kappa shape index (κ3) is 3.11. The monoisotopic (exact) mass is 279 g/mol. The molecule has 0 saturated carbocycles. The van der Waals surface area contributed by atoms with E-state index in [-0.39, 0.29) is 41.6 Å². The maximum Gasteiger partial charge on any atom is 0.180 e. The molecule has 1 aromatic carbocycles. The molecule has 1 fully saturated rings. The van der Waals surface area contributed by atoms with Gasteiger partial charge in [0.2, 0.25) is 0 Å². The van der Waals surface area contributed by atoms with E-state index < -0.39 is 0 Å². The van der Waals surface area contributed by atoms with E-state index in [1.54, 1.807) is 6.92 Å². The molecule has 110 valence electrons. The second-order valence-electron chi connectivity index (χ2n) is 5.48. The SMILES string of the molecule is Cc1c(O)ccc(C(=O)CN2C[C@@H](C)O[C@@H](C)C2)c1O. The summed E-state index contributed by atoms with van der Waals surface area (Å²) in [5.74, 6) is -0.288. The molecule has 5 heteroatoms. The van der Waals surface area contributed by atoms with Crippen molar-refractivity contribution in [1.82, 2.24) is 4.90 Å². The first-order chi connectivity index (χ1) is 9.38. The van der Waals surface area contributed by atoms with E-state index in [9.17, 15) is 15.0 Å². The highest BCUT2D eigenvalue weighted by Gasteiger charge is 2.25. The minimum absolute atomic E-state index is 0.00679. The second kappa shape index (κ2) is 5.81. The van der Waals surface area contributed by atoms with Crippen LogP contribution in [0.4, 0.5) is 0 Å². The molecule has 1 aromatic rings. The number of nitrogens with zero attached hydrogens (tertiary/aromatic N) is 1. The van der Waals surface area contributed by atoms with Crippen LogP contribution in [-0.2, 0) is 4.74 Å². The molecule has 0 radical (unpaired) electrons. The Morgan fingerprint density at radius 3 is 2.50 bits per heavy atom. The molecule has 1 aliphatic rings. The van der Waals surface area contributed by atoms with Crippen LogP contribution in [0.25, 0.3) is 0 Å². The van der Waals surface area contributed by atoms with Gasteiger partial charge in [-0.25, -0.2) is 0 Å². The van der Waals surface area contributed by atoms with Gasteiger partial charge in [-0.05, 0) is 32.9 Å². The molecule has 0 bridgehead atoms. The lowest BCUT2D eigenvalue weighted by atomic mass is 10.0. The van der Waals surface area contributed by atoms with E-state index >= 15 is 0 Å². The number of benzene rings is 1. The number of carbonyl (C=O) groups is 1. The Morgan fingerprint density at radius 1 is 1.30 bits per heavy atom. The number of hydrogen-bond acceptors (Lipinski definition) is 5. The van der Waals surface area contributed by atoms with Crippen molar-refractivity contribution in [3.8, 4) is 11.5 Å². The van der Waals surface area contributed by atoms with Gasteiger partial charge in [0.15, 0.2) is 5.78 Å². The van der Waals surface area contributed by atoms with Crippen LogP contribution in [0.2, 0.25) is 0 Å². The van der Waals surface area contributed by atoms with E-state index in [0.29, 0.717) is 18.7 Å². The van der Waals surface area contributed by atoms with Gasteiger partial charge in [0, 0.05) is 18.7 Å². The van der Waals surface area contributed by atoms with Crippen LogP contribution in [-0.4, -0.2) is 52.7 Å². The summed E-state index contributed by atoms with van der Waals surface area (Å²) in [6.07, 6.45) is 0.198. The van der Waals surface area contributed by atoms with Crippen LogP contribution in [0, 0.1) is 6.92 Å². The lowest BCUT2D eigenvalue weighted by molar-refractivity contribution is -0.0652. The van der Waals surface area contributed by atoms with Crippen LogP contribution >= 0.6 is 0 Å². The smallest absolute Gasteiger partial charge is 0.180 e. The van der Waals surface area contributed by atoms with Crippen LogP contribution < -0.4 is 0 Å². The number of morpholine rings is 1. The predicted octanol–water partition coefficient (Wildman–Crippen LogP) is 1.70. The Balaban J connectivity index is 2.11. The second-order valence-corrected chi connectivity index (χ2v) is 5.48. The first kappa shape index (κ1) is 14.8. The maximum atomic E-state index is 12.3. The van der Waals surface area contributed by atoms with Crippen molar-refractivity contribution < 1.29 is 19.7 Å². The predicted molar refractivity (Wildman–Crippen MR) is 75.3 cm³/mol. The molecule has 2 atom stereocenters. The lowest BCUT2D eigenvalue weighted by Crippen LogP contribution is -2.47. The molecule has 2 rings (SSSR count). The Kier molecular flexibility index (Phi) is 4.30. The first-order valence-corrected chi connectivity index (χ1v) is 6.81. The topological polar surface area (TPSA) is 70.0 Å². The van der Waals surface area contributed by atoms with Gasteiger partial charge in [0.25, 0.3) is 0 Å². The number of Topliss-reactive ketones (excluding diaryl/α,β-unsaturated/α-hetero) is 1. The first-order valence-electron chi connectivity index (χ1n) is 6.81. The number of aromatic hydroxyl groups is 2. The van der Waals surface area contributed by atoms with Gasteiger partial charge in [-0.1, -0.05) is 0 Å². The van der Waals surface area contributed by atoms with Gasteiger partial charge < -0.3 is 14.9 Å². The molecule has 5 nitrogen and oxygen atoms in total. The highest BCUT2D eigenvalue weighted by atomic mass is 16.5. The number of phenolic OH excluding ortho intramolecular Hbond substituents is 2. The lowest BCUT2D eigenvalue weighted by Gasteiger charge is -2.34. The van der Waals surface area contributed by atoms with Crippen LogP contribution in [0.5, 0.6) is 11.5 Å². The summed E-state index contributed by atoms with van der Waals surface area (Å²) in [4.78, 5) is 14.3. The van der Waals surface area contributed by atoms with Gasteiger partial charge in [0.05, 0.1) is 24.3 Å². The average molecular weight is 279 g/mol. The minimum atomic E-state index is -0.146. The third-order valence-electron chi connectivity index (χ3n) is 3.57. The Hall–Kier alpha value is -1.59. The quantitative estimate of drug-likeness (QED) is 0.824. The zero-order valence-electron chi connectivity index (χ0n) is 12.1. The molecular formula is C15H21NO4. The minimum Gasteiger partial charge on any atom is -0.508 e. The summed E-state index contributed by atoms with van der Waals surface area (Å²) < 4.78 is 5.63. The van der Waals surface area contributed by atoms with E-state index in [2.05, 4.69) is 0 Å². The van der Waals surface area contributed by atoms with Crippen molar-refractivity contribution in [3.05, 3.63) is 23.3 Å². The normalized spacial score (nSPS) is 23.8. The van der Waals surface area contributed by atoms with Crippen molar-refractivity contribution in [2.45, 2.75) is 33.0 Å². The Morgan fingerprint density at radius 2 is 1.90 bits per heavy atom. The molecule has 0 amide bonds. The van der Waals surface area contributed by atoms with Crippen LogP contribution in [0.3, 0.4) is 0 Å². The summed E-state index contributed by atoms with van der Waals surface area (Å²) in [5, 5.41) is 19.5. The summed E-state index contributed by atoms with van der Waals surface area (Å²) in [6, 6.07) is 2.90. The number of ether oxygens (including phenoxy) is 1. The average Bonchev–Trinajstić information content (AvgIpc) is 2.34. The van der Waals surface area contributed by atoms with E-state index in [0.717, 1.165) is 0 Å². The number of phenols is 2. The number of carbonyl (C=O) groups excluding carboxylic acids is 1. The van der Waals surface area contributed by atoms with Gasteiger partial charge in [-0.3, -0.25) is 9.69 Å². The molecule has 1 heterocycles.